The van der Waals surface area contributed by atoms with Gasteiger partial charge in [0, 0.05) is 61.3 Å². The van der Waals surface area contributed by atoms with Crippen molar-refractivity contribution in [1.82, 2.24) is 14.5 Å². The first-order chi connectivity index (χ1) is 17.9. The van der Waals surface area contributed by atoms with E-state index >= 15 is 0 Å². The van der Waals surface area contributed by atoms with E-state index in [0.29, 0.717) is 12.4 Å². The molecule has 1 aliphatic heterocycles. The summed E-state index contributed by atoms with van der Waals surface area (Å²) < 4.78 is 1.69. The van der Waals surface area contributed by atoms with Crippen molar-refractivity contribution in [3.63, 3.8) is 0 Å². The molecule has 0 amide bonds. The minimum atomic E-state index is -0.116. The van der Waals surface area contributed by atoms with Gasteiger partial charge in [0.05, 0.1) is 12.2 Å². The van der Waals surface area contributed by atoms with Gasteiger partial charge in [-0.05, 0) is 62.4 Å². The lowest BCUT2D eigenvalue weighted by atomic mass is 10.1. The maximum atomic E-state index is 13.0. The number of nitrogens with zero attached hydrogens (tertiary/aromatic N) is 5. The van der Waals surface area contributed by atoms with Gasteiger partial charge in [-0.2, -0.15) is 0 Å². The van der Waals surface area contributed by atoms with Crippen LogP contribution in [0.15, 0.2) is 71.1 Å². The van der Waals surface area contributed by atoms with Gasteiger partial charge in [-0.3, -0.25) is 14.3 Å². The monoisotopic (exact) mass is 498 g/mol. The van der Waals surface area contributed by atoms with E-state index in [1.165, 1.54) is 5.69 Å². The van der Waals surface area contributed by atoms with Crippen molar-refractivity contribution in [2.75, 3.05) is 43.4 Å². The number of aryl methyl sites for hydroxylation is 1. The zero-order valence-corrected chi connectivity index (χ0v) is 22.4. The molecular formula is C30H38N6O. The average Bonchev–Trinajstić information content (AvgIpc) is 2.91. The van der Waals surface area contributed by atoms with Gasteiger partial charge in [0.15, 0.2) is 0 Å². The van der Waals surface area contributed by atoms with Crippen molar-refractivity contribution < 1.29 is 0 Å². The second-order valence-corrected chi connectivity index (χ2v) is 9.78. The van der Waals surface area contributed by atoms with Gasteiger partial charge in [-0.25, -0.2) is 4.99 Å². The van der Waals surface area contributed by atoms with Crippen LogP contribution < -0.4 is 15.8 Å². The number of piperazine rings is 1. The minimum Gasteiger partial charge on any atom is -0.369 e. The summed E-state index contributed by atoms with van der Waals surface area (Å²) in [5.41, 5.74) is 4.78. The molecule has 0 spiro atoms. The van der Waals surface area contributed by atoms with Crippen molar-refractivity contribution >= 4 is 29.1 Å². The number of hydrogen-bond acceptors (Lipinski definition) is 5. The Labute approximate surface area is 220 Å². The molecule has 1 atom stereocenters. The molecule has 0 radical (unpaired) electrons. The lowest BCUT2D eigenvalue weighted by Gasteiger charge is -2.34. The fourth-order valence-electron chi connectivity index (χ4n) is 4.39. The Balaban J connectivity index is 1.67. The second-order valence-electron chi connectivity index (χ2n) is 9.78. The first-order valence-corrected chi connectivity index (χ1v) is 13.1. The highest BCUT2D eigenvalue weighted by Gasteiger charge is 2.17. The number of amidine groups is 1. The molecule has 0 bridgehead atoms. The summed E-state index contributed by atoms with van der Waals surface area (Å²) in [6.07, 6.45) is 4.41. The number of rotatable bonds is 8. The predicted octanol–water partition coefficient (Wildman–Crippen LogP) is 5.18. The fraction of sp³-hybridized carbons (Fsp3) is 0.367. The average molecular weight is 499 g/mol. The van der Waals surface area contributed by atoms with Crippen LogP contribution in [0.4, 0.5) is 17.2 Å². The summed E-state index contributed by atoms with van der Waals surface area (Å²) in [6.45, 7) is 14.8. The Morgan fingerprint density at radius 1 is 1.14 bits per heavy atom. The van der Waals surface area contributed by atoms with E-state index in [-0.39, 0.29) is 11.5 Å². The highest BCUT2D eigenvalue weighted by molar-refractivity contribution is 5.98. The molecule has 1 aliphatic rings. The summed E-state index contributed by atoms with van der Waals surface area (Å²) in [5, 5.41) is 3.55. The molecule has 3 heterocycles. The normalized spacial score (nSPS) is 15.5. The standard InChI is InChI=1S/C30H38N6O/c1-6-22(3)29(32-25-11-13-26(14-12-25)35-19-17-34(5)18-20-35)33-30-24(7-2)10-15-28(37)36(30)21-27-23(4)9-8-16-31-27/h7-16,22H,2,6,17-21H2,1,3-5H3,(H,32,33). The van der Waals surface area contributed by atoms with E-state index in [0.717, 1.165) is 60.9 Å². The molecule has 0 aliphatic carbocycles. The molecule has 3 aromatic rings. The van der Waals surface area contributed by atoms with Gasteiger partial charge in [-0.1, -0.05) is 32.6 Å². The van der Waals surface area contributed by atoms with E-state index in [9.17, 15) is 4.79 Å². The Morgan fingerprint density at radius 2 is 1.86 bits per heavy atom. The third kappa shape index (κ3) is 6.35. The van der Waals surface area contributed by atoms with Crippen LogP contribution >= 0.6 is 0 Å². The second kappa shape index (κ2) is 12.0. The van der Waals surface area contributed by atoms with Crippen LogP contribution in [0.5, 0.6) is 0 Å². The van der Waals surface area contributed by atoms with Crippen LogP contribution in [0, 0.1) is 12.8 Å². The summed E-state index contributed by atoms with van der Waals surface area (Å²) in [5.74, 6) is 1.56. The lowest BCUT2D eigenvalue weighted by Crippen LogP contribution is -2.44. The summed E-state index contributed by atoms with van der Waals surface area (Å²) in [7, 11) is 2.17. The molecule has 1 saturated heterocycles. The molecule has 2 aromatic heterocycles. The molecular weight excluding hydrogens is 460 g/mol. The zero-order valence-electron chi connectivity index (χ0n) is 22.4. The van der Waals surface area contributed by atoms with Gasteiger partial charge in [-0.15, -0.1) is 0 Å². The number of pyridine rings is 2. The molecule has 1 aromatic carbocycles. The van der Waals surface area contributed by atoms with Crippen LogP contribution in [-0.4, -0.2) is 53.5 Å². The van der Waals surface area contributed by atoms with E-state index in [4.69, 9.17) is 4.99 Å². The Bertz CT molecular complexity index is 1300. The maximum absolute atomic E-state index is 13.0. The quantitative estimate of drug-likeness (QED) is 0.342. The summed E-state index contributed by atoms with van der Waals surface area (Å²) in [4.78, 5) is 27.4. The molecule has 1 unspecified atom stereocenters. The highest BCUT2D eigenvalue weighted by atomic mass is 16.1. The largest absolute Gasteiger partial charge is 0.369 e. The van der Waals surface area contributed by atoms with E-state index < -0.39 is 0 Å². The van der Waals surface area contributed by atoms with Crippen molar-refractivity contribution in [2.45, 2.75) is 33.7 Å². The Kier molecular flexibility index (Phi) is 8.56. The van der Waals surface area contributed by atoms with Gasteiger partial charge >= 0.3 is 0 Å². The number of aromatic nitrogens is 2. The topological polar surface area (TPSA) is 65.8 Å². The van der Waals surface area contributed by atoms with Crippen LogP contribution in [0.25, 0.3) is 6.08 Å². The molecule has 0 saturated carbocycles. The van der Waals surface area contributed by atoms with Crippen molar-refractivity contribution in [1.29, 1.82) is 0 Å². The summed E-state index contributed by atoms with van der Waals surface area (Å²) in [6, 6.07) is 15.8. The molecule has 7 heteroatoms. The van der Waals surface area contributed by atoms with Crippen molar-refractivity contribution in [3.05, 3.63) is 88.5 Å². The van der Waals surface area contributed by atoms with Gasteiger partial charge in [0.25, 0.3) is 5.56 Å². The smallest absolute Gasteiger partial charge is 0.252 e. The van der Waals surface area contributed by atoms with E-state index in [1.54, 1.807) is 29.0 Å². The number of aliphatic imine (C=N–C) groups is 1. The highest BCUT2D eigenvalue weighted by Crippen LogP contribution is 2.24. The zero-order chi connectivity index (χ0) is 26.4. The van der Waals surface area contributed by atoms with Gasteiger partial charge in [0.1, 0.15) is 11.7 Å². The van der Waals surface area contributed by atoms with Gasteiger partial charge in [0.2, 0.25) is 0 Å². The Hall–Kier alpha value is -3.71. The number of benzene rings is 1. The first kappa shape index (κ1) is 26.4. The SMILES string of the molecule is C=Cc1ccc(=O)n(Cc2ncccc2C)c1N=C(Nc1ccc(N2CCN(C)CC2)cc1)C(C)CC. The predicted molar refractivity (Wildman–Crippen MR) is 155 cm³/mol. The van der Waals surface area contributed by atoms with Crippen molar-refractivity contribution in [2.24, 2.45) is 10.9 Å². The molecule has 7 nitrogen and oxygen atoms in total. The molecule has 194 valence electrons. The third-order valence-corrected chi connectivity index (χ3v) is 7.14. The van der Waals surface area contributed by atoms with Gasteiger partial charge < -0.3 is 15.1 Å². The fourth-order valence-corrected chi connectivity index (χ4v) is 4.39. The first-order valence-electron chi connectivity index (χ1n) is 13.1. The minimum absolute atomic E-state index is 0.116. The van der Waals surface area contributed by atoms with Crippen LogP contribution in [0.3, 0.4) is 0 Å². The summed E-state index contributed by atoms with van der Waals surface area (Å²) >= 11 is 0. The molecule has 37 heavy (non-hydrogen) atoms. The van der Waals surface area contributed by atoms with Crippen LogP contribution in [-0.2, 0) is 6.54 Å². The molecule has 1 fully saturated rings. The number of likely N-dealkylation sites (N-methyl/N-ethyl adjacent to an activating group) is 1. The van der Waals surface area contributed by atoms with E-state index in [1.807, 2.05) is 19.1 Å². The van der Waals surface area contributed by atoms with Crippen LogP contribution in [0.2, 0.25) is 0 Å². The molecule has 4 rings (SSSR count). The number of hydrogen-bond donors (Lipinski definition) is 1. The van der Waals surface area contributed by atoms with Crippen LogP contribution in [0.1, 0.15) is 37.1 Å². The molecule has 1 N–H and O–H groups in total. The van der Waals surface area contributed by atoms with E-state index in [2.05, 4.69) is 71.8 Å². The number of anilines is 2. The Morgan fingerprint density at radius 3 is 2.51 bits per heavy atom. The third-order valence-electron chi connectivity index (χ3n) is 7.14. The maximum Gasteiger partial charge on any atom is 0.252 e. The lowest BCUT2D eigenvalue weighted by molar-refractivity contribution is 0.313. The number of nitrogens with one attached hydrogen (secondary N) is 1. The van der Waals surface area contributed by atoms with Crippen molar-refractivity contribution in [3.8, 4) is 0 Å².